The first-order valence-electron chi connectivity index (χ1n) is 6.47. The van der Waals surface area contributed by atoms with Crippen molar-refractivity contribution in [2.75, 3.05) is 37.4 Å². The van der Waals surface area contributed by atoms with Gasteiger partial charge in [-0.05, 0) is 19.3 Å². The number of aryl methyl sites for hydroxylation is 1. The molecule has 0 saturated heterocycles. The Morgan fingerprint density at radius 2 is 1.94 bits per heavy atom. The van der Waals surface area contributed by atoms with Gasteiger partial charge in [-0.3, -0.25) is 0 Å². The number of hydrogen-bond acceptors (Lipinski definition) is 5. The minimum absolute atomic E-state index is 0.695. The van der Waals surface area contributed by atoms with Gasteiger partial charge in [-0.25, -0.2) is 9.97 Å². The van der Waals surface area contributed by atoms with Crippen molar-refractivity contribution in [1.82, 2.24) is 9.97 Å². The van der Waals surface area contributed by atoms with Crippen LogP contribution in [0.1, 0.15) is 26.1 Å². The van der Waals surface area contributed by atoms with E-state index < -0.39 is 0 Å². The topological polar surface area (TPSA) is 59.1 Å². The average Bonchev–Trinajstić information content (AvgIpc) is 2.32. The maximum Gasteiger partial charge on any atom is 0.131 e. The highest BCUT2D eigenvalue weighted by atomic mass is 16.5. The molecule has 1 rings (SSSR count). The van der Waals surface area contributed by atoms with E-state index in [9.17, 15) is 0 Å². The number of nitrogens with one attached hydrogen (secondary N) is 2. The van der Waals surface area contributed by atoms with Crippen LogP contribution in [-0.2, 0) is 4.74 Å². The number of ether oxygens (including phenoxy) is 1. The molecule has 1 aromatic heterocycles. The molecule has 0 bridgehead atoms. The van der Waals surface area contributed by atoms with Gasteiger partial charge < -0.3 is 15.4 Å². The molecule has 5 heteroatoms. The fraction of sp³-hybridized carbons (Fsp3) is 0.692. The summed E-state index contributed by atoms with van der Waals surface area (Å²) in [5, 5.41) is 6.24. The quantitative estimate of drug-likeness (QED) is 0.695. The molecule has 0 spiro atoms. The van der Waals surface area contributed by atoms with Crippen LogP contribution in [0, 0.1) is 12.8 Å². The van der Waals surface area contributed by atoms with Gasteiger partial charge in [-0.2, -0.15) is 0 Å². The zero-order valence-electron chi connectivity index (χ0n) is 11.8. The van der Waals surface area contributed by atoms with E-state index in [4.69, 9.17) is 4.74 Å². The summed E-state index contributed by atoms with van der Waals surface area (Å²) >= 11 is 0. The third kappa shape index (κ3) is 5.82. The second-order valence-corrected chi connectivity index (χ2v) is 4.66. The lowest BCUT2D eigenvalue weighted by molar-refractivity contribution is 0.132. The van der Waals surface area contributed by atoms with E-state index in [1.807, 2.05) is 20.0 Å². The molecule has 2 N–H and O–H groups in total. The summed E-state index contributed by atoms with van der Waals surface area (Å²) in [6.07, 6.45) is 1.11. The number of rotatable bonds is 8. The van der Waals surface area contributed by atoms with Crippen LogP contribution >= 0.6 is 0 Å². The number of anilines is 2. The fourth-order valence-corrected chi connectivity index (χ4v) is 1.46. The van der Waals surface area contributed by atoms with Crippen LogP contribution in [0.2, 0.25) is 0 Å². The Hall–Kier alpha value is -1.36. The van der Waals surface area contributed by atoms with Crippen LogP contribution in [0.3, 0.4) is 0 Å². The average molecular weight is 252 g/mol. The van der Waals surface area contributed by atoms with Crippen molar-refractivity contribution < 1.29 is 4.74 Å². The van der Waals surface area contributed by atoms with Crippen molar-refractivity contribution >= 4 is 11.6 Å². The number of nitrogens with zero attached hydrogens (tertiary/aromatic N) is 2. The smallest absolute Gasteiger partial charge is 0.131 e. The highest BCUT2D eigenvalue weighted by Gasteiger charge is 2.00. The summed E-state index contributed by atoms with van der Waals surface area (Å²) in [5.41, 5.74) is 0. The van der Waals surface area contributed by atoms with E-state index in [2.05, 4.69) is 34.4 Å². The molecule has 18 heavy (non-hydrogen) atoms. The molecule has 5 nitrogen and oxygen atoms in total. The van der Waals surface area contributed by atoms with Gasteiger partial charge in [0.25, 0.3) is 0 Å². The van der Waals surface area contributed by atoms with Crippen molar-refractivity contribution in [2.45, 2.75) is 27.2 Å². The second kappa shape index (κ2) is 7.87. The van der Waals surface area contributed by atoms with Gasteiger partial charge in [0, 0.05) is 26.3 Å². The van der Waals surface area contributed by atoms with Gasteiger partial charge in [-0.1, -0.05) is 13.8 Å². The van der Waals surface area contributed by atoms with Crippen LogP contribution in [0.4, 0.5) is 11.6 Å². The Morgan fingerprint density at radius 1 is 1.22 bits per heavy atom. The SMILES string of the molecule is CNc1cc(NCCOCCC(C)C)nc(C)n1. The van der Waals surface area contributed by atoms with Gasteiger partial charge in [0.05, 0.1) is 6.61 Å². The molecule has 0 aliphatic carbocycles. The molecule has 0 unspecified atom stereocenters. The predicted molar refractivity (Wildman–Crippen MR) is 75.1 cm³/mol. The molecule has 1 aromatic rings. The van der Waals surface area contributed by atoms with E-state index in [0.29, 0.717) is 12.5 Å². The van der Waals surface area contributed by atoms with Crippen molar-refractivity contribution in [2.24, 2.45) is 5.92 Å². The molecule has 0 atom stereocenters. The summed E-state index contributed by atoms with van der Waals surface area (Å²) in [6.45, 7) is 8.56. The van der Waals surface area contributed by atoms with Crippen LogP contribution in [0.5, 0.6) is 0 Å². The highest BCUT2D eigenvalue weighted by Crippen LogP contribution is 2.09. The van der Waals surface area contributed by atoms with E-state index in [0.717, 1.165) is 37.0 Å². The van der Waals surface area contributed by atoms with E-state index in [1.165, 1.54) is 0 Å². The van der Waals surface area contributed by atoms with Crippen molar-refractivity contribution in [3.63, 3.8) is 0 Å². The standard InChI is InChI=1S/C13H24N4O/c1-10(2)5-7-18-8-6-15-13-9-12(14-4)16-11(3)17-13/h9-10H,5-8H2,1-4H3,(H2,14,15,16,17). The lowest BCUT2D eigenvalue weighted by atomic mass is 10.1. The minimum atomic E-state index is 0.695. The molecule has 102 valence electrons. The van der Waals surface area contributed by atoms with Crippen LogP contribution in [-0.4, -0.2) is 36.8 Å². The molecular weight excluding hydrogens is 228 g/mol. The van der Waals surface area contributed by atoms with Crippen LogP contribution < -0.4 is 10.6 Å². The van der Waals surface area contributed by atoms with E-state index in [1.54, 1.807) is 0 Å². The molecule has 0 radical (unpaired) electrons. The summed E-state index contributed by atoms with van der Waals surface area (Å²) < 4.78 is 5.53. The van der Waals surface area contributed by atoms with E-state index >= 15 is 0 Å². The Balaban J connectivity index is 2.24. The van der Waals surface area contributed by atoms with Gasteiger partial charge in [0.2, 0.25) is 0 Å². The lowest BCUT2D eigenvalue weighted by Crippen LogP contribution is -2.12. The maximum absolute atomic E-state index is 5.53. The number of aromatic nitrogens is 2. The molecule has 0 saturated carbocycles. The monoisotopic (exact) mass is 252 g/mol. The molecule has 1 heterocycles. The van der Waals surface area contributed by atoms with Crippen molar-refractivity contribution in [1.29, 1.82) is 0 Å². The van der Waals surface area contributed by atoms with Gasteiger partial charge in [0.15, 0.2) is 0 Å². The molecule has 0 aromatic carbocycles. The van der Waals surface area contributed by atoms with Crippen LogP contribution in [0.25, 0.3) is 0 Å². The Kier molecular flexibility index (Phi) is 6.43. The molecule has 0 aliphatic heterocycles. The third-order valence-corrected chi connectivity index (χ3v) is 2.49. The molecule has 0 aliphatic rings. The Bertz CT molecular complexity index is 355. The predicted octanol–water partition coefficient (Wildman–Crippen LogP) is 2.30. The first kappa shape index (κ1) is 14.7. The largest absolute Gasteiger partial charge is 0.380 e. The van der Waals surface area contributed by atoms with Crippen LogP contribution in [0.15, 0.2) is 6.07 Å². The van der Waals surface area contributed by atoms with Gasteiger partial charge in [0.1, 0.15) is 17.5 Å². The summed E-state index contributed by atoms with van der Waals surface area (Å²) in [6, 6.07) is 1.89. The maximum atomic E-state index is 5.53. The second-order valence-electron chi connectivity index (χ2n) is 4.66. The zero-order valence-corrected chi connectivity index (χ0v) is 11.8. The fourth-order valence-electron chi connectivity index (χ4n) is 1.46. The summed E-state index contributed by atoms with van der Waals surface area (Å²) in [7, 11) is 1.85. The summed E-state index contributed by atoms with van der Waals surface area (Å²) in [4.78, 5) is 8.55. The lowest BCUT2D eigenvalue weighted by Gasteiger charge is -2.09. The minimum Gasteiger partial charge on any atom is -0.380 e. The Morgan fingerprint density at radius 3 is 2.61 bits per heavy atom. The van der Waals surface area contributed by atoms with Crippen molar-refractivity contribution in [3.05, 3.63) is 11.9 Å². The normalized spacial score (nSPS) is 10.7. The zero-order chi connectivity index (χ0) is 13.4. The third-order valence-electron chi connectivity index (χ3n) is 2.49. The molecular formula is C13H24N4O. The molecule has 0 amide bonds. The Labute approximate surface area is 109 Å². The summed E-state index contributed by atoms with van der Waals surface area (Å²) in [5.74, 6) is 3.11. The van der Waals surface area contributed by atoms with Gasteiger partial charge in [-0.15, -0.1) is 0 Å². The first-order chi connectivity index (χ1) is 8.61. The number of hydrogen-bond donors (Lipinski definition) is 2. The van der Waals surface area contributed by atoms with Crippen molar-refractivity contribution in [3.8, 4) is 0 Å². The first-order valence-corrected chi connectivity index (χ1v) is 6.47. The highest BCUT2D eigenvalue weighted by molar-refractivity contribution is 5.46. The van der Waals surface area contributed by atoms with E-state index in [-0.39, 0.29) is 0 Å². The van der Waals surface area contributed by atoms with Gasteiger partial charge >= 0.3 is 0 Å². The molecule has 0 fully saturated rings.